The number of hydrogen-bond donors (Lipinski definition) is 2. The van der Waals surface area contributed by atoms with Gasteiger partial charge >= 0.3 is 0 Å². The zero-order valence-electron chi connectivity index (χ0n) is 13.2. The molecule has 0 unspecified atom stereocenters. The van der Waals surface area contributed by atoms with Crippen LogP contribution < -0.4 is 10.6 Å². The highest BCUT2D eigenvalue weighted by Crippen LogP contribution is 2.42. The molecule has 0 radical (unpaired) electrons. The predicted octanol–water partition coefficient (Wildman–Crippen LogP) is 5.00. The summed E-state index contributed by atoms with van der Waals surface area (Å²) >= 11 is 6.05. The molecule has 1 aromatic heterocycles. The van der Waals surface area contributed by atoms with E-state index in [4.69, 9.17) is 11.6 Å². The van der Waals surface area contributed by atoms with Gasteiger partial charge < -0.3 is 10.6 Å². The molecular weight excluding hydrogens is 306 g/mol. The minimum absolute atomic E-state index is 0.714. The quantitative estimate of drug-likeness (QED) is 0.784. The highest BCUT2D eigenvalue weighted by atomic mass is 35.5. The van der Waals surface area contributed by atoms with Gasteiger partial charge in [-0.3, -0.25) is 0 Å². The lowest BCUT2D eigenvalue weighted by atomic mass is 9.93. The number of benzene rings is 1. The van der Waals surface area contributed by atoms with Crippen molar-refractivity contribution in [2.24, 2.45) is 0 Å². The van der Waals surface area contributed by atoms with E-state index in [1.54, 1.807) is 0 Å². The van der Waals surface area contributed by atoms with Gasteiger partial charge in [0, 0.05) is 29.5 Å². The molecule has 2 aliphatic carbocycles. The fourth-order valence-corrected chi connectivity index (χ4v) is 3.26. The molecular formula is C19H22ClN3. The van der Waals surface area contributed by atoms with Gasteiger partial charge in [-0.1, -0.05) is 24.1 Å². The molecule has 0 saturated heterocycles. The highest BCUT2D eigenvalue weighted by molar-refractivity contribution is 6.30. The van der Waals surface area contributed by atoms with Crippen LogP contribution in [0, 0.1) is 0 Å². The fraction of sp³-hybridized carbons (Fsp3) is 0.421. The van der Waals surface area contributed by atoms with Gasteiger partial charge in [0.05, 0.1) is 0 Å². The molecule has 2 saturated carbocycles. The van der Waals surface area contributed by atoms with Crippen molar-refractivity contribution in [2.45, 2.75) is 50.6 Å². The largest absolute Gasteiger partial charge is 0.340 e. The first-order valence-electron chi connectivity index (χ1n) is 8.53. The molecule has 0 atom stereocenters. The minimum atomic E-state index is 0.714. The van der Waals surface area contributed by atoms with E-state index in [1.165, 1.54) is 43.2 Å². The number of nitrogens with one attached hydrogen (secondary N) is 2. The molecule has 1 heterocycles. The molecule has 4 rings (SSSR count). The van der Waals surface area contributed by atoms with E-state index in [-0.39, 0.29) is 0 Å². The standard InChI is InChI=1S/C19H22ClN3/c20-15-3-1-6-17(9-15)23-19-10-18(13-7-8-13)14(12-22-19)11-21-16-4-2-5-16/h1,3,6,9-10,12-13,16,21H,2,4-5,7-8,11H2,(H,22,23). The third-order valence-electron chi connectivity index (χ3n) is 4.82. The van der Waals surface area contributed by atoms with Gasteiger partial charge in [-0.25, -0.2) is 4.98 Å². The van der Waals surface area contributed by atoms with Crippen LogP contribution in [0.4, 0.5) is 11.5 Å². The van der Waals surface area contributed by atoms with Gasteiger partial charge in [0.1, 0.15) is 5.82 Å². The van der Waals surface area contributed by atoms with Crippen LogP contribution in [-0.2, 0) is 6.54 Å². The Balaban J connectivity index is 1.50. The van der Waals surface area contributed by atoms with Gasteiger partial charge in [-0.05, 0) is 67.0 Å². The summed E-state index contributed by atoms with van der Waals surface area (Å²) in [5.41, 5.74) is 3.79. The number of halogens is 1. The topological polar surface area (TPSA) is 37.0 Å². The Morgan fingerprint density at radius 1 is 1.13 bits per heavy atom. The average Bonchev–Trinajstić information content (AvgIpc) is 3.31. The second-order valence-corrected chi connectivity index (χ2v) is 7.12. The molecule has 2 aromatic rings. The summed E-state index contributed by atoms with van der Waals surface area (Å²) in [4.78, 5) is 4.60. The summed E-state index contributed by atoms with van der Waals surface area (Å²) in [6, 6.07) is 10.7. The smallest absolute Gasteiger partial charge is 0.130 e. The normalized spacial score (nSPS) is 17.8. The van der Waals surface area contributed by atoms with Crippen molar-refractivity contribution in [3.63, 3.8) is 0 Å². The summed E-state index contributed by atoms with van der Waals surface area (Å²) in [6.45, 7) is 0.945. The summed E-state index contributed by atoms with van der Waals surface area (Å²) in [5, 5.41) is 7.76. The monoisotopic (exact) mass is 327 g/mol. The van der Waals surface area contributed by atoms with Crippen LogP contribution in [0.15, 0.2) is 36.5 Å². The molecule has 23 heavy (non-hydrogen) atoms. The van der Waals surface area contributed by atoms with Crippen molar-refractivity contribution in [1.29, 1.82) is 0 Å². The average molecular weight is 328 g/mol. The van der Waals surface area contributed by atoms with Crippen LogP contribution in [0.25, 0.3) is 0 Å². The molecule has 3 nitrogen and oxygen atoms in total. The molecule has 120 valence electrons. The van der Waals surface area contributed by atoms with Crippen molar-refractivity contribution in [3.05, 3.63) is 52.7 Å². The lowest BCUT2D eigenvalue weighted by Crippen LogP contribution is -2.34. The third-order valence-corrected chi connectivity index (χ3v) is 5.06. The predicted molar refractivity (Wildman–Crippen MR) is 95.4 cm³/mol. The van der Waals surface area contributed by atoms with Crippen LogP contribution in [-0.4, -0.2) is 11.0 Å². The van der Waals surface area contributed by atoms with Crippen LogP contribution in [0.1, 0.15) is 49.1 Å². The highest BCUT2D eigenvalue weighted by Gasteiger charge is 2.27. The molecule has 1 aromatic carbocycles. The van der Waals surface area contributed by atoms with E-state index in [2.05, 4.69) is 21.7 Å². The second kappa shape index (κ2) is 6.50. The lowest BCUT2D eigenvalue weighted by molar-refractivity contribution is 0.338. The maximum atomic E-state index is 6.05. The first-order valence-corrected chi connectivity index (χ1v) is 8.90. The Labute approximate surface area is 142 Å². The maximum Gasteiger partial charge on any atom is 0.130 e. The molecule has 0 amide bonds. The molecule has 2 fully saturated rings. The van der Waals surface area contributed by atoms with E-state index in [9.17, 15) is 0 Å². The number of hydrogen-bond acceptors (Lipinski definition) is 3. The van der Waals surface area contributed by atoms with Crippen molar-refractivity contribution in [1.82, 2.24) is 10.3 Å². The van der Waals surface area contributed by atoms with E-state index in [0.29, 0.717) is 6.04 Å². The number of pyridine rings is 1. The summed E-state index contributed by atoms with van der Waals surface area (Å²) in [7, 11) is 0. The van der Waals surface area contributed by atoms with Crippen LogP contribution in [0.3, 0.4) is 0 Å². The third kappa shape index (κ3) is 3.67. The van der Waals surface area contributed by atoms with Gasteiger partial charge in [0.25, 0.3) is 0 Å². The van der Waals surface area contributed by atoms with Gasteiger partial charge in [0.2, 0.25) is 0 Å². The molecule has 0 aliphatic heterocycles. The van der Waals surface area contributed by atoms with Gasteiger partial charge in [-0.2, -0.15) is 0 Å². The van der Waals surface area contributed by atoms with Gasteiger partial charge in [0.15, 0.2) is 0 Å². The van der Waals surface area contributed by atoms with Crippen LogP contribution >= 0.6 is 11.6 Å². The SMILES string of the molecule is Clc1cccc(Nc2cc(C3CC3)c(CNC3CCC3)cn2)c1. The minimum Gasteiger partial charge on any atom is -0.340 e. The second-order valence-electron chi connectivity index (χ2n) is 6.69. The number of nitrogens with zero attached hydrogens (tertiary/aromatic N) is 1. The van der Waals surface area contributed by atoms with Gasteiger partial charge in [-0.15, -0.1) is 0 Å². The van der Waals surface area contributed by atoms with E-state index in [0.717, 1.165) is 29.0 Å². The lowest BCUT2D eigenvalue weighted by Gasteiger charge is -2.27. The van der Waals surface area contributed by atoms with Crippen LogP contribution in [0.2, 0.25) is 5.02 Å². The number of aromatic nitrogens is 1. The number of anilines is 2. The number of rotatable bonds is 6. The zero-order valence-corrected chi connectivity index (χ0v) is 13.9. The van der Waals surface area contributed by atoms with Crippen LogP contribution in [0.5, 0.6) is 0 Å². The molecule has 0 bridgehead atoms. The Kier molecular flexibility index (Phi) is 4.23. The Bertz CT molecular complexity index is 693. The molecule has 2 aliphatic rings. The van der Waals surface area contributed by atoms with Crippen molar-refractivity contribution in [3.8, 4) is 0 Å². The van der Waals surface area contributed by atoms with Crippen molar-refractivity contribution < 1.29 is 0 Å². The molecule has 2 N–H and O–H groups in total. The van der Waals surface area contributed by atoms with E-state index < -0.39 is 0 Å². The first kappa shape index (κ1) is 15.0. The maximum absolute atomic E-state index is 6.05. The first-order chi connectivity index (χ1) is 11.3. The molecule has 4 heteroatoms. The summed E-state index contributed by atoms with van der Waals surface area (Å²) in [6.07, 6.45) is 8.65. The molecule has 0 spiro atoms. The van der Waals surface area contributed by atoms with Crippen molar-refractivity contribution in [2.75, 3.05) is 5.32 Å². The van der Waals surface area contributed by atoms with E-state index >= 15 is 0 Å². The summed E-state index contributed by atoms with van der Waals surface area (Å²) < 4.78 is 0. The fourth-order valence-electron chi connectivity index (χ4n) is 3.07. The Morgan fingerprint density at radius 3 is 2.70 bits per heavy atom. The summed E-state index contributed by atoms with van der Waals surface area (Å²) in [5.74, 6) is 1.62. The zero-order chi connectivity index (χ0) is 15.6. The van der Waals surface area contributed by atoms with Crippen molar-refractivity contribution >= 4 is 23.1 Å². The Morgan fingerprint density at radius 2 is 2.00 bits per heavy atom. The van der Waals surface area contributed by atoms with E-state index in [1.807, 2.05) is 30.5 Å². The Hall–Kier alpha value is -1.58.